The van der Waals surface area contributed by atoms with Gasteiger partial charge in [-0.25, -0.2) is 33.7 Å². The minimum Gasteiger partial charge on any atom is -0.432 e. The van der Waals surface area contributed by atoms with Gasteiger partial charge in [0.25, 0.3) is 0 Å². The summed E-state index contributed by atoms with van der Waals surface area (Å²) in [5, 5.41) is 3.38. The largest absolute Gasteiger partial charge is 0.495 e. The minimum atomic E-state index is -0.717. The lowest BCUT2D eigenvalue weighted by Crippen LogP contribution is -2.41. The van der Waals surface area contributed by atoms with Gasteiger partial charge in [0, 0.05) is 151 Å². The molecule has 5 aliphatic rings. The third-order valence-electron chi connectivity index (χ3n) is 16.5. The number of aromatic amines is 2. The van der Waals surface area contributed by atoms with Crippen LogP contribution in [0.4, 0.5) is 20.4 Å². The SMILES string of the molecule is CC1(C)OB(c2ccc(F)c3[nH]ccc23)OC1(C)C.O=S1CCN(Cc2cnc3oc4c(N5CCOCC5)nc(-c5ccc(F)c6[nH]ccc56)nc4c3c2)CC1.O=S1CCN(Cc2cnc3oc4c(N5CCOCC5)nc(Cl)nc4c3c2)CC1. The van der Waals surface area contributed by atoms with Gasteiger partial charge in [-0.2, -0.15) is 4.98 Å². The molecule has 0 atom stereocenters. The Balaban J connectivity index is 0.000000124. The first-order valence-electron chi connectivity index (χ1n) is 28.1. The molecule has 0 spiro atoms. The van der Waals surface area contributed by atoms with Gasteiger partial charge in [0.15, 0.2) is 28.6 Å². The number of pyridine rings is 2. The van der Waals surface area contributed by atoms with Gasteiger partial charge in [0.2, 0.25) is 16.7 Å². The predicted molar refractivity (Wildman–Crippen MR) is 323 cm³/mol. The topological polar surface area (TPSA) is 219 Å². The van der Waals surface area contributed by atoms with E-state index in [0.29, 0.717) is 113 Å². The fourth-order valence-electron chi connectivity index (χ4n) is 11.2. The normalized spacial score (nSPS) is 19.2. The van der Waals surface area contributed by atoms with Gasteiger partial charge in [-0.1, -0.05) is 6.07 Å². The van der Waals surface area contributed by atoms with Gasteiger partial charge in [0.05, 0.1) is 59.4 Å². The summed E-state index contributed by atoms with van der Waals surface area (Å²) in [6.45, 7) is 18.1. The van der Waals surface area contributed by atoms with Crippen molar-refractivity contribution < 1.29 is 44.8 Å². The molecule has 15 rings (SSSR count). The molecule has 2 aromatic carbocycles. The van der Waals surface area contributed by atoms with E-state index in [0.717, 1.165) is 108 Å². The standard InChI is InChI=1S/C26H25FN6O3S.C18H20ClN5O3S.C14H17BFNO2/c27-20-2-1-18(17-3-4-28-21(17)20)24-30-22-19-13-16(15-32-7-11-37(34)12-8-32)14-29-26(19)36-23(22)25(31-24)33-5-9-35-10-6-33;19-18-21-14-13-9-12(11-23-3-7-28(25)8-4-23)10-20-17(13)27-15(14)16(22-18)24-1-5-26-6-2-24;1-13(2)14(3,4)19-15(18-13)10-5-6-11(16)12-9(10)7-8-17-12/h1-4,13-14,28H,5-12,15H2;9-10H,1-8,11H2;5-8,17H,1-4H3. The molecule has 0 aliphatic carbocycles. The Bertz CT molecular complexity index is 4120. The maximum absolute atomic E-state index is 14.4. The lowest BCUT2D eigenvalue weighted by molar-refractivity contribution is 0.00578. The quantitative estimate of drug-likeness (QED) is 0.109. The maximum Gasteiger partial charge on any atom is 0.495 e. The van der Waals surface area contributed by atoms with Gasteiger partial charge < -0.3 is 47.4 Å². The molecular weight excluding hydrogens is 1140 g/mol. The third kappa shape index (κ3) is 11.3. The van der Waals surface area contributed by atoms with Crippen molar-refractivity contribution in [2.75, 3.05) is 112 Å². The maximum atomic E-state index is 14.4. The second kappa shape index (κ2) is 23.4. The second-order valence-electron chi connectivity index (χ2n) is 22.4. The fourth-order valence-corrected chi connectivity index (χ4v) is 13.6. The number of aromatic nitrogens is 8. The first-order valence-corrected chi connectivity index (χ1v) is 31.5. The van der Waals surface area contributed by atoms with Crippen molar-refractivity contribution in [3.63, 3.8) is 0 Å². The smallest absolute Gasteiger partial charge is 0.432 e. The number of benzene rings is 2. The number of ether oxygens (including phenoxy) is 2. The van der Waals surface area contributed by atoms with E-state index in [4.69, 9.17) is 49.2 Å². The number of anilines is 2. The highest BCUT2D eigenvalue weighted by Crippen LogP contribution is 2.39. The van der Waals surface area contributed by atoms with Crippen molar-refractivity contribution >= 4 is 124 Å². The van der Waals surface area contributed by atoms with Gasteiger partial charge in [-0.05, 0) is 98.4 Å². The number of halogens is 3. The van der Waals surface area contributed by atoms with Crippen LogP contribution in [-0.2, 0) is 53.5 Å². The minimum absolute atomic E-state index is 0.195. The van der Waals surface area contributed by atoms with Crippen LogP contribution in [0, 0.1) is 11.6 Å². The Kier molecular flexibility index (Phi) is 15.7. The molecule has 0 unspecified atom stereocenters. The van der Waals surface area contributed by atoms with Crippen molar-refractivity contribution in [3.05, 3.63) is 101 Å². The Hall–Kier alpha value is -6.55. The van der Waals surface area contributed by atoms with Gasteiger partial charge in [0.1, 0.15) is 22.7 Å². The molecule has 2 N–H and O–H groups in total. The monoisotopic (exact) mass is 1200 g/mol. The lowest BCUT2D eigenvalue weighted by atomic mass is 9.77. The first-order chi connectivity index (χ1) is 40.6. The molecule has 26 heteroatoms. The molecule has 13 heterocycles. The Morgan fingerprint density at radius 3 is 1.61 bits per heavy atom. The summed E-state index contributed by atoms with van der Waals surface area (Å²) in [6, 6.07) is 14.2. The zero-order valence-corrected chi connectivity index (χ0v) is 49.3. The summed E-state index contributed by atoms with van der Waals surface area (Å²) in [6.07, 6.45) is 7.11. The highest BCUT2D eigenvalue weighted by Gasteiger charge is 2.52. The summed E-state index contributed by atoms with van der Waals surface area (Å²) >= 11 is 6.23. The third-order valence-corrected chi connectivity index (χ3v) is 19.2. The molecule has 8 aromatic heterocycles. The molecule has 5 saturated heterocycles. The number of rotatable bonds is 8. The second-order valence-corrected chi connectivity index (χ2v) is 26.2. The van der Waals surface area contributed by atoms with Gasteiger partial charge in [-0.15, -0.1) is 0 Å². The van der Waals surface area contributed by atoms with E-state index in [1.807, 2.05) is 52.2 Å². The summed E-state index contributed by atoms with van der Waals surface area (Å²) < 4.78 is 86.7. The number of nitrogens with zero attached hydrogens (tertiary/aromatic N) is 10. The fraction of sp³-hybridized carbons (Fsp3) is 0.414. The molecule has 0 saturated carbocycles. The van der Waals surface area contributed by atoms with E-state index in [2.05, 4.69) is 61.6 Å². The van der Waals surface area contributed by atoms with E-state index < -0.39 is 39.9 Å². The van der Waals surface area contributed by atoms with E-state index in [-0.39, 0.29) is 16.9 Å². The molecule has 5 aliphatic heterocycles. The van der Waals surface area contributed by atoms with Crippen LogP contribution in [0.3, 0.4) is 0 Å². The predicted octanol–water partition coefficient (Wildman–Crippen LogP) is 7.89. The lowest BCUT2D eigenvalue weighted by Gasteiger charge is -2.32. The zero-order chi connectivity index (χ0) is 57.9. The van der Waals surface area contributed by atoms with Crippen LogP contribution >= 0.6 is 11.6 Å². The molecule has 20 nitrogen and oxygen atoms in total. The summed E-state index contributed by atoms with van der Waals surface area (Å²) in [5.41, 5.74) is 7.46. The number of hydrogen-bond acceptors (Lipinski definition) is 18. The van der Waals surface area contributed by atoms with E-state index in [1.54, 1.807) is 24.5 Å². The van der Waals surface area contributed by atoms with Crippen LogP contribution < -0.4 is 15.3 Å². The Morgan fingerprint density at radius 2 is 1.07 bits per heavy atom. The van der Waals surface area contributed by atoms with Crippen molar-refractivity contribution in [3.8, 4) is 11.4 Å². The van der Waals surface area contributed by atoms with Crippen molar-refractivity contribution in [1.29, 1.82) is 0 Å². The Labute approximate surface area is 492 Å². The number of hydrogen-bond donors (Lipinski definition) is 2. The van der Waals surface area contributed by atoms with E-state index in [9.17, 15) is 17.2 Å². The van der Waals surface area contributed by atoms with E-state index >= 15 is 0 Å². The molecule has 10 aromatic rings. The molecule has 0 radical (unpaired) electrons. The van der Waals surface area contributed by atoms with Crippen molar-refractivity contribution in [2.45, 2.75) is 52.0 Å². The molecule has 84 heavy (non-hydrogen) atoms. The number of morpholine rings is 2. The van der Waals surface area contributed by atoms with Crippen molar-refractivity contribution in [1.82, 2.24) is 49.7 Å². The highest BCUT2D eigenvalue weighted by molar-refractivity contribution is 7.85. The zero-order valence-electron chi connectivity index (χ0n) is 46.9. The number of H-pyrrole nitrogens is 2. The molecule has 0 amide bonds. The van der Waals surface area contributed by atoms with Gasteiger partial charge in [-0.3, -0.25) is 18.2 Å². The van der Waals surface area contributed by atoms with Crippen LogP contribution in [0.5, 0.6) is 0 Å². The molecular formula is C58H62BClF2N12O8S2. The first kappa shape index (κ1) is 56.6. The number of furan rings is 2. The summed E-state index contributed by atoms with van der Waals surface area (Å²) in [4.78, 5) is 42.6. The van der Waals surface area contributed by atoms with Crippen LogP contribution in [0.1, 0.15) is 38.8 Å². The highest BCUT2D eigenvalue weighted by atomic mass is 35.5. The Morgan fingerprint density at radius 1 is 0.595 bits per heavy atom. The van der Waals surface area contributed by atoms with Crippen LogP contribution in [0.25, 0.3) is 77.6 Å². The van der Waals surface area contributed by atoms with Crippen LogP contribution in [0.15, 0.2) is 82.2 Å². The number of nitrogens with one attached hydrogen (secondary N) is 2. The average molecular weight is 1200 g/mol. The number of fused-ring (bicyclic) bond motifs is 8. The van der Waals surface area contributed by atoms with Crippen LogP contribution in [-0.4, -0.2) is 178 Å². The van der Waals surface area contributed by atoms with Crippen LogP contribution in [0.2, 0.25) is 5.28 Å². The van der Waals surface area contributed by atoms with Crippen molar-refractivity contribution in [2.24, 2.45) is 0 Å². The summed E-state index contributed by atoms with van der Waals surface area (Å²) in [5.74, 6) is 4.18. The summed E-state index contributed by atoms with van der Waals surface area (Å²) in [7, 11) is -1.86. The van der Waals surface area contributed by atoms with Gasteiger partial charge >= 0.3 is 7.12 Å². The average Bonchev–Trinajstić information content (AvgIpc) is 3.13. The van der Waals surface area contributed by atoms with E-state index in [1.165, 1.54) is 12.1 Å². The molecule has 438 valence electrons. The molecule has 5 fully saturated rings. The molecule has 0 bridgehead atoms.